The van der Waals surface area contributed by atoms with E-state index in [1.54, 1.807) is 30.3 Å². The Labute approximate surface area is 305 Å². The second-order valence-electron chi connectivity index (χ2n) is 13.2. The van der Waals surface area contributed by atoms with Gasteiger partial charge in [0.15, 0.2) is 5.78 Å². The molecular weight excluding hydrogens is 705 g/mol. The molecule has 1 aliphatic rings. The number of amides is 7. The summed E-state index contributed by atoms with van der Waals surface area (Å²) in [6.07, 6.45) is -5.81. The maximum absolute atomic E-state index is 13.2. The molecule has 3 atom stereocenters. The molecule has 53 heavy (non-hydrogen) atoms. The molecule has 1 heterocycles. The van der Waals surface area contributed by atoms with Gasteiger partial charge in [0, 0.05) is 37.6 Å². The molecule has 0 spiro atoms. The predicted molar refractivity (Wildman–Crippen MR) is 183 cm³/mol. The topological polar surface area (TPSA) is 209 Å². The number of halogens is 3. The van der Waals surface area contributed by atoms with Crippen molar-refractivity contribution in [3.8, 4) is 0 Å². The van der Waals surface area contributed by atoms with Crippen LogP contribution in [0.3, 0.4) is 0 Å². The van der Waals surface area contributed by atoms with E-state index in [2.05, 4.69) is 26.0 Å². The number of hydrogen-bond donors (Lipinski definition) is 5. The van der Waals surface area contributed by atoms with E-state index < -0.39 is 85.9 Å². The normalized spacial score (nSPS) is 15.6. The highest BCUT2D eigenvalue weighted by Crippen LogP contribution is 2.27. The van der Waals surface area contributed by atoms with E-state index in [0.29, 0.717) is 31.4 Å². The summed E-state index contributed by atoms with van der Waals surface area (Å²) in [4.78, 5) is 99.9. The molecule has 15 nitrogen and oxygen atoms in total. The summed E-state index contributed by atoms with van der Waals surface area (Å²) in [5.41, 5.74) is 0.642. The zero-order valence-electron chi connectivity index (χ0n) is 30.3. The molecule has 294 valence electrons. The molecule has 7 amide bonds. The SMILES string of the molecule is CC(C)C(=O)[C@@H](OCNC(=O)CNC(=O)[C@H](Cc1ccccc1)NC(=O)CNC(=O)CNC(=O)CCCCCN1C(=O)CC(C(C)C)C1=O)C(F)(F)F. The highest BCUT2D eigenvalue weighted by atomic mass is 19.4. The van der Waals surface area contributed by atoms with E-state index in [9.17, 15) is 51.5 Å². The molecule has 0 aromatic heterocycles. The van der Waals surface area contributed by atoms with Crippen molar-refractivity contribution in [2.45, 2.75) is 84.5 Å². The van der Waals surface area contributed by atoms with Crippen molar-refractivity contribution in [2.24, 2.45) is 17.8 Å². The maximum Gasteiger partial charge on any atom is 0.421 e. The number of likely N-dealkylation sites (tertiary alicyclic amines) is 1. The summed E-state index contributed by atoms with van der Waals surface area (Å²) in [5, 5.41) is 11.6. The summed E-state index contributed by atoms with van der Waals surface area (Å²) in [6, 6.07) is 7.29. The lowest BCUT2D eigenvalue weighted by molar-refractivity contribution is -0.220. The molecule has 18 heteroatoms. The number of rotatable bonds is 22. The third-order valence-electron chi connectivity index (χ3n) is 8.26. The lowest BCUT2D eigenvalue weighted by Gasteiger charge is -2.21. The fourth-order valence-electron chi connectivity index (χ4n) is 5.21. The van der Waals surface area contributed by atoms with Gasteiger partial charge in [-0.25, -0.2) is 0 Å². The number of ketones is 1. The molecule has 1 fully saturated rings. The van der Waals surface area contributed by atoms with Crippen LogP contribution in [-0.4, -0.2) is 103 Å². The summed E-state index contributed by atoms with van der Waals surface area (Å²) >= 11 is 0. The number of ether oxygens (including phenoxy) is 1. The van der Waals surface area contributed by atoms with Gasteiger partial charge in [0.2, 0.25) is 47.5 Å². The average Bonchev–Trinajstić information content (AvgIpc) is 3.38. The zero-order valence-corrected chi connectivity index (χ0v) is 30.3. The van der Waals surface area contributed by atoms with Gasteiger partial charge in [0.25, 0.3) is 0 Å². The minimum Gasteiger partial charge on any atom is -0.347 e. The standard InChI is InChI=1S/C35H49F3N6O9/c1-21(2)24-16-30(49)44(34(24)52)14-10-6-9-13-26(45)39-17-27(46)40-19-29(48)43-25(15-23-11-7-5-8-12-23)33(51)41-18-28(47)42-20-53-32(35(36,37)38)31(50)22(3)4/h5,7-8,11-12,21-22,24-25,32H,6,9-10,13-20H2,1-4H3,(H,39,45)(H,40,46)(H,41,51)(H,42,47)(H,43,48)/t24?,25-,32+/m0/s1. The predicted octanol–water partition coefficient (Wildman–Crippen LogP) is 0.900. The van der Waals surface area contributed by atoms with Crippen LogP contribution in [0.1, 0.15) is 65.4 Å². The quantitative estimate of drug-likeness (QED) is 0.0647. The van der Waals surface area contributed by atoms with Crippen molar-refractivity contribution in [3.63, 3.8) is 0 Å². The van der Waals surface area contributed by atoms with Gasteiger partial charge >= 0.3 is 6.18 Å². The molecule has 0 aliphatic carbocycles. The van der Waals surface area contributed by atoms with Crippen molar-refractivity contribution in [1.82, 2.24) is 31.5 Å². The first kappa shape index (κ1) is 44.3. The number of benzene rings is 1. The van der Waals surface area contributed by atoms with Gasteiger partial charge in [-0.3, -0.25) is 43.3 Å². The van der Waals surface area contributed by atoms with Crippen molar-refractivity contribution < 1.29 is 56.3 Å². The number of nitrogens with zero attached hydrogens (tertiary/aromatic N) is 1. The van der Waals surface area contributed by atoms with Gasteiger partial charge in [0.1, 0.15) is 12.8 Å². The van der Waals surface area contributed by atoms with Crippen molar-refractivity contribution in [3.05, 3.63) is 35.9 Å². The summed E-state index contributed by atoms with van der Waals surface area (Å²) in [7, 11) is 0. The second-order valence-corrected chi connectivity index (χ2v) is 13.2. The van der Waals surface area contributed by atoms with Gasteiger partial charge in [-0.2, -0.15) is 13.2 Å². The lowest BCUT2D eigenvalue weighted by atomic mass is 9.94. The van der Waals surface area contributed by atoms with Crippen LogP contribution >= 0.6 is 0 Å². The molecule has 5 N–H and O–H groups in total. The van der Waals surface area contributed by atoms with Crippen molar-refractivity contribution in [1.29, 1.82) is 0 Å². The molecule has 1 unspecified atom stereocenters. The van der Waals surface area contributed by atoms with Crippen LogP contribution in [0.15, 0.2) is 30.3 Å². The van der Waals surface area contributed by atoms with Crippen LogP contribution in [0.25, 0.3) is 0 Å². The Morgan fingerprint density at radius 3 is 2.02 bits per heavy atom. The van der Waals surface area contributed by atoms with Crippen LogP contribution in [0, 0.1) is 17.8 Å². The first-order valence-corrected chi connectivity index (χ1v) is 17.4. The number of Topliss-reactive ketones (excluding diaryl/α,β-unsaturated/α-hetero) is 1. The third kappa shape index (κ3) is 15.7. The zero-order chi connectivity index (χ0) is 39.7. The van der Waals surface area contributed by atoms with Crippen LogP contribution < -0.4 is 26.6 Å². The largest absolute Gasteiger partial charge is 0.421 e. The smallest absolute Gasteiger partial charge is 0.347 e. The summed E-state index contributed by atoms with van der Waals surface area (Å²) < 4.78 is 44.1. The van der Waals surface area contributed by atoms with E-state index >= 15 is 0 Å². The molecular formula is C35H49F3N6O9. The Morgan fingerprint density at radius 1 is 0.811 bits per heavy atom. The number of carbonyl (C=O) groups is 8. The number of carbonyl (C=O) groups excluding carboxylic acids is 8. The first-order chi connectivity index (χ1) is 24.9. The Hall–Kier alpha value is -4.87. The van der Waals surface area contributed by atoms with Crippen LogP contribution in [0.2, 0.25) is 0 Å². The first-order valence-electron chi connectivity index (χ1n) is 17.4. The number of unbranched alkanes of at least 4 members (excludes halogenated alkanes) is 2. The number of hydrogen-bond acceptors (Lipinski definition) is 9. The van der Waals surface area contributed by atoms with E-state index in [-0.39, 0.29) is 42.9 Å². The highest BCUT2D eigenvalue weighted by molar-refractivity contribution is 6.03. The van der Waals surface area contributed by atoms with Crippen molar-refractivity contribution >= 4 is 47.1 Å². The summed E-state index contributed by atoms with van der Waals surface area (Å²) in [6.45, 7) is 4.04. The fraction of sp³-hybridized carbons (Fsp3) is 0.600. The Kier molecular flexibility index (Phi) is 18.1. The minimum absolute atomic E-state index is 0.0131. The van der Waals surface area contributed by atoms with Gasteiger partial charge in [0.05, 0.1) is 19.6 Å². The monoisotopic (exact) mass is 754 g/mol. The summed E-state index contributed by atoms with van der Waals surface area (Å²) in [5.74, 6) is -6.32. The molecule has 1 aliphatic heterocycles. The number of alkyl halides is 3. The number of nitrogens with one attached hydrogen (secondary N) is 5. The van der Waals surface area contributed by atoms with Gasteiger partial charge in [-0.1, -0.05) is 64.4 Å². The van der Waals surface area contributed by atoms with Crippen molar-refractivity contribution in [2.75, 3.05) is 32.9 Å². The van der Waals surface area contributed by atoms with Gasteiger partial charge < -0.3 is 31.3 Å². The Balaban J connectivity index is 1.75. The van der Waals surface area contributed by atoms with E-state index in [4.69, 9.17) is 0 Å². The molecule has 1 aromatic rings. The van der Waals surface area contributed by atoms with Gasteiger partial charge in [-0.15, -0.1) is 0 Å². The molecule has 0 saturated carbocycles. The number of imide groups is 1. The third-order valence-corrected chi connectivity index (χ3v) is 8.26. The van der Waals surface area contributed by atoms with Crippen LogP contribution in [-0.2, 0) is 49.5 Å². The fourth-order valence-corrected chi connectivity index (χ4v) is 5.21. The molecule has 1 saturated heterocycles. The molecule has 0 bridgehead atoms. The molecule has 2 rings (SSSR count). The maximum atomic E-state index is 13.2. The van der Waals surface area contributed by atoms with E-state index in [0.717, 1.165) is 0 Å². The van der Waals surface area contributed by atoms with Crippen LogP contribution in [0.5, 0.6) is 0 Å². The Bertz CT molecular complexity index is 1460. The van der Waals surface area contributed by atoms with E-state index in [1.807, 2.05) is 19.2 Å². The Morgan fingerprint density at radius 2 is 1.42 bits per heavy atom. The lowest BCUT2D eigenvalue weighted by Crippen LogP contribution is -2.52. The molecule has 1 aromatic carbocycles. The minimum atomic E-state index is -4.99. The second kappa shape index (κ2) is 21.6. The highest BCUT2D eigenvalue weighted by Gasteiger charge is 2.46. The molecule has 0 radical (unpaired) electrons. The average molecular weight is 755 g/mol. The van der Waals surface area contributed by atoms with Gasteiger partial charge in [-0.05, 0) is 24.3 Å². The van der Waals surface area contributed by atoms with Crippen LogP contribution in [0.4, 0.5) is 13.2 Å². The van der Waals surface area contributed by atoms with E-state index in [1.165, 1.54) is 18.7 Å².